The zero-order valence-corrected chi connectivity index (χ0v) is 18.7. The predicted octanol–water partition coefficient (Wildman–Crippen LogP) is 5.21. The highest BCUT2D eigenvalue weighted by Gasteiger charge is 2.24. The van der Waals surface area contributed by atoms with E-state index in [-0.39, 0.29) is 30.1 Å². The Bertz CT molecular complexity index is 1130. The van der Waals surface area contributed by atoms with Crippen molar-refractivity contribution in [2.45, 2.75) is 19.4 Å². The molecule has 33 heavy (non-hydrogen) atoms. The van der Waals surface area contributed by atoms with Gasteiger partial charge in [-0.15, -0.1) is 0 Å². The second-order valence-corrected chi connectivity index (χ2v) is 7.63. The summed E-state index contributed by atoms with van der Waals surface area (Å²) in [5.41, 5.74) is 1.47. The summed E-state index contributed by atoms with van der Waals surface area (Å²) in [5.74, 6) is -3.26. The quantitative estimate of drug-likeness (QED) is 0.440. The molecule has 5 nitrogen and oxygen atoms in total. The van der Waals surface area contributed by atoms with E-state index in [2.05, 4.69) is 0 Å². The van der Waals surface area contributed by atoms with Gasteiger partial charge in [-0.05, 0) is 41.3 Å². The molecule has 0 N–H and O–H groups in total. The van der Waals surface area contributed by atoms with Crippen LogP contribution in [0.3, 0.4) is 0 Å². The summed E-state index contributed by atoms with van der Waals surface area (Å²) in [6, 6.07) is 18.0. The fourth-order valence-electron chi connectivity index (χ4n) is 3.62. The molecule has 3 aromatic rings. The number of methoxy groups -OCH3 is 2. The molecule has 3 aromatic carbocycles. The van der Waals surface area contributed by atoms with Crippen LogP contribution in [0.1, 0.15) is 44.7 Å². The lowest BCUT2D eigenvalue weighted by Gasteiger charge is -2.27. The Morgan fingerprint density at radius 2 is 1.67 bits per heavy atom. The van der Waals surface area contributed by atoms with Crippen molar-refractivity contribution in [3.05, 3.63) is 101 Å². The summed E-state index contributed by atoms with van der Waals surface area (Å²) in [7, 11) is 2.70. The third-order valence-corrected chi connectivity index (χ3v) is 5.37. The molecule has 0 aromatic heterocycles. The number of halogens is 2. The second-order valence-electron chi connectivity index (χ2n) is 7.63. The lowest BCUT2D eigenvalue weighted by atomic mass is 9.99. The van der Waals surface area contributed by atoms with Crippen LogP contribution in [0.15, 0.2) is 66.7 Å². The van der Waals surface area contributed by atoms with E-state index in [1.165, 1.54) is 31.3 Å². The standard InChI is InChI=1S/C26H25F2NO4/c1-17(19-8-5-4-6-9-19)15-29(25(30)20-10-7-11-22(27)24(20)28)16-18-12-13-23(32-2)21(14-18)26(31)33-3/h4-14,17H,15-16H2,1-3H3/t17-/m1/s1. The monoisotopic (exact) mass is 453 g/mol. The number of carbonyl (C=O) groups is 2. The minimum Gasteiger partial charge on any atom is -0.496 e. The number of esters is 1. The first-order valence-electron chi connectivity index (χ1n) is 10.4. The van der Waals surface area contributed by atoms with Crippen molar-refractivity contribution in [2.75, 3.05) is 20.8 Å². The Hall–Kier alpha value is -3.74. The minimum absolute atomic E-state index is 0.0694. The molecule has 1 amide bonds. The molecule has 0 aliphatic carbocycles. The molecule has 0 heterocycles. The molecular formula is C26H25F2NO4. The van der Waals surface area contributed by atoms with Crippen LogP contribution < -0.4 is 4.74 Å². The SMILES string of the molecule is COC(=O)c1cc(CN(C[C@@H](C)c2ccccc2)C(=O)c2cccc(F)c2F)ccc1OC. The van der Waals surface area contributed by atoms with Crippen molar-refractivity contribution in [3.8, 4) is 5.75 Å². The summed E-state index contributed by atoms with van der Waals surface area (Å²) >= 11 is 0. The Balaban J connectivity index is 1.97. The van der Waals surface area contributed by atoms with Crippen molar-refractivity contribution >= 4 is 11.9 Å². The molecule has 0 saturated heterocycles. The molecule has 1 atom stereocenters. The lowest BCUT2D eigenvalue weighted by molar-refractivity contribution is 0.0597. The maximum absolute atomic E-state index is 14.4. The number of ether oxygens (including phenoxy) is 2. The van der Waals surface area contributed by atoms with E-state index in [1.807, 2.05) is 37.3 Å². The van der Waals surface area contributed by atoms with Crippen LogP contribution in [0.25, 0.3) is 0 Å². The molecule has 0 fully saturated rings. The highest BCUT2D eigenvalue weighted by atomic mass is 19.2. The normalized spacial score (nSPS) is 11.5. The average molecular weight is 453 g/mol. The summed E-state index contributed by atoms with van der Waals surface area (Å²) < 4.78 is 38.3. The molecule has 172 valence electrons. The topological polar surface area (TPSA) is 55.8 Å². The van der Waals surface area contributed by atoms with E-state index in [1.54, 1.807) is 18.2 Å². The smallest absolute Gasteiger partial charge is 0.341 e. The maximum Gasteiger partial charge on any atom is 0.341 e. The van der Waals surface area contributed by atoms with E-state index in [0.717, 1.165) is 11.6 Å². The van der Waals surface area contributed by atoms with Crippen LogP contribution in [0, 0.1) is 11.6 Å². The Labute approximate surface area is 191 Å². The number of carbonyl (C=O) groups excluding carboxylic acids is 2. The first-order valence-corrected chi connectivity index (χ1v) is 10.4. The molecule has 0 aliphatic heterocycles. The van der Waals surface area contributed by atoms with E-state index in [9.17, 15) is 18.4 Å². The van der Waals surface area contributed by atoms with Gasteiger partial charge in [0.1, 0.15) is 11.3 Å². The van der Waals surface area contributed by atoms with Crippen molar-refractivity contribution in [3.63, 3.8) is 0 Å². The number of rotatable bonds is 8. The molecule has 3 rings (SSSR count). The fourth-order valence-corrected chi connectivity index (χ4v) is 3.62. The van der Waals surface area contributed by atoms with Gasteiger partial charge in [0.15, 0.2) is 11.6 Å². The van der Waals surface area contributed by atoms with Gasteiger partial charge in [-0.1, -0.05) is 49.4 Å². The van der Waals surface area contributed by atoms with Crippen LogP contribution in [0.5, 0.6) is 5.75 Å². The zero-order valence-electron chi connectivity index (χ0n) is 18.7. The molecule has 7 heteroatoms. The molecule has 0 unspecified atom stereocenters. The molecule has 0 spiro atoms. The number of benzene rings is 3. The number of nitrogens with zero attached hydrogens (tertiary/aromatic N) is 1. The number of amides is 1. The average Bonchev–Trinajstić information content (AvgIpc) is 2.84. The van der Waals surface area contributed by atoms with Crippen molar-refractivity contribution in [1.82, 2.24) is 4.90 Å². The number of hydrogen-bond donors (Lipinski definition) is 0. The first-order chi connectivity index (χ1) is 15.8. The van der Waals surface area contributed by atoms with Gasteiger partial charge in [0.25, 0.3) is 5.91 Å². The first kappa shape index (κ1) is 23.9. The fraction of sp³-hybridized carbons (Fsp3) is 0.231. The third kappa shape index (κ3) is 5.55. The third-order valence-electron chi connectivity index (χ3n) is 5.37. The van der Waals surface area contributed by atoms with Crippen LogP contribution in [0.2, 0.25) is 0 Å². The summed E-state index contributed by atoms with van der Waals surface area (Å²) in [6.07, 6.45) is 0. The van der Waals surface area contributed by atoms with E-state index >= 15 is 0 Å². The largest absolute Gasteiger partial charge is 0.496 e. The van der Waals surface area contributed by atoms with E-state index in [0.29, 0.717) is 11.3 Å². The highest BCUT2D eigenvalue weighted by Crippen LogP contribution is 2.25. The number of hydrogen-bond acceptors (Lipinski definition) is 4. The highest BCUT2D eigenvalue weighted by molar-refractivity contribution is 5.95. The van der Waals surface area contributed by atoms with Gasteiger partial charge in [-0.25, -0.2) is 13.6 Å². The lowest BCUT2D eigenvalue weighted by Crippen LogP contribution is -2.34. The predicted molar refractivity (Wildman–Crippen MR) is 120 cm³/mol. The van der Waals surface area contributed by atoms with Gasteiger partial charge >= 0.3 is 5.97 Å². The van der Waals surface area contributed by atoms with Gasteiger partial charge in [-0.3, -0.25) is 4.79 Å². The van der Waals surface area contributed by atoms with Crippen molar-refractivity contribution < 1.29 is 27.8 Å². The van der Waals surface area contributed by atoms with E-state index in [4.69, 9.17) is 9.47 Å². The molecule has 0 radical (unpaired) electrons. The van der Waals surface area contributed by atoms with Gasteiger partial charge < -0.3 is 14.4 Å². The molecule has 0 bridgehead atoms. The maximum atomic E-state index is 14.4. The van der Waals surface area contributed by atoms with Crippen LogP contribution in [-0.2, 0) is 11.3 Å². The molecular weight excluding hydrogens is 428 g/mol. The van der Waals surface area contributed by atoms with E-state index < -0.39 is 23.5 Å². The molecule has 0 aliphatic rings. The summed E-state index contributed by atoms with van der Waals surface area (Å²) in [4.78, 5) is 26.9. The Kier molecular flexibility index (Phi) is 7.77. The van der Waals surface area contributed by atoms with Crippen LogP contribution >= 0.6 is 0 Å². The Morgan fingerprint density at radius 1 is 0.939 bits per heavy atom. The summed E-state index contributed by atoms with van der Waals surface area (Å²) in [6.45, 7) is 2.27. The van der Waals surface area contributed by atoms with Crippen LogP contribution in [-0.4, -0.2) is 37.5 Å². The van der Waals surface area contributed by atoms with Crippen LogP contribution in [0.4, 0.5) is 8.78 Å². The van der Waals surface area contributed by atoms with Gasteiger partial charge in [-0.2, -0.15) is 0 Å². The molecule has 0 saturated carbocycles. The van der Waals surface area contributed by atoms with Gasteiger partial charge in [0.2, 0.25) is 0 Å². The second kappa shape index (κ2) is 10.7. The summed E-state index contributed by atoms with van der Waals surface area (Å²) in [5, 5.41) is 0. The van der Waals surface area contributed by atoms with Gasteiger partial charge in [0, 0.05) is 13.1 Å². The Morgan fingerprint density at radius 3 is 2.33 bits per heavy atom. The van der Waals surface area contributed by atoms with Gasteiger partial charge in [0.05, 0.1) is 19.8 Å². The zero-order chi connectivity index (χ0) is 24.0. The van der Waals surface area contributed by atoms with Crippen molar-refractivity contribution in [2.24, 2.45) is 0 Å². The van der Waals surface area contributed by atoms with Crippen molar-refractivity contribution in [1.29, 1.82) is 0 Å². The minimum atomic E-state index is -1.19.